The third-order valence-electron chi connectivity index (χ3n) is 3.26. The fourth-order valence-corrected chi connectivity index (χ4v) is 2.20. The molecule has 104 valence electrons. The first-order valence-electron chi connectivity index (χ1n) is 6.65. The first-order valence-corrected chi connectivity index (χ1v) is 7.03. The predicted molar refractivity (Wildman–Crippen MR) is 76.0 cm³/mol. The molecule has 1 aliphatic carbocycles. The maximum absolute atomic E-state index is 11.1. The van der Waals surface area contributed by atoms with Crippen molar-refractivity contribution >= 4 is 23.4 Å². The smallest absolute Gasteiger partial charge is 0.356 e. The molecule has 0 saturated heterocycles. The molecule has 0 radical (unpaired) electrons. The minimum atomic E-state index is -1.08. The van der Waals surface area contributed by atoms with Gasteiger partial charge in [0.25, 0.3) is 0 Å². The minimum Gasteiger partial charge on any atom is -0.476 e. The molecular weight excluding hydrogens is 264 g/mol. The van der Waals surface area contributed by atoms with E-state index >= 15 is 0 Å². The number of carbonyl (C=O) groups is 1. The zero-order chi connectivity index (χ0) is 14.0. The summed E-state index contributed by atoms with van der Waals surface area (Å²) in [6.45, 7) is 5.28. The summed E-state index contributed by atoms with van der Waals surface area (Å²) in [6, 6.07) is 3.94. The Morgan fingerprint density at radius 2 is 2.21 bits per heavy atom. The van der Waals surface area contributed by atoms with Gasteiger partial charge in [0.1, 0.15) is 5.82 Å². The molecule has 1 aromatic rings. The molecule has 2 rings (SSSR count). The number of carboxylic acid groups (broad SMARTS) is 1. The highest BCUT2D eigenvalue weighted by molar-refractivity contribution is 6.33. The van der Waals surface area contributed by atoms with Crippen LogP contribution in [0.25, 0.3) is 0 Å². The number of halogens is 1. The van der Waals surface area contributed by atoms with Gasteiger partial charge in [0, 0.05) is 12.6 Å². The van der Waals surface area contributed by atoms with Crippen molar-refractivity contribution in [1.82, 2.24) is 4.98 Å². The van der Waals surface area contributed by atoms with E-state index in [-0.39, 0.29) is 10.7 Å². The second kappa shape index (κ2) is 5.78. The van der Waals surface area contributed by atoms with Gasteiger partial charge in [-0.25, -0.2) is 9.78 Å². The van der Waals surface area contributed by atoms with Crippen LogP contribution in [0.3, 0.4) is 0 Å². The van der Waals surface area contributed by atoms with Crippen LogP contribution in [-0.2, 0) is 0 Å². The molecule has 1 N–H and O–H groups in total. The molecule has 1 saturated carbocycles. The van der Waals surface area contributed by atoms with Crippen LogP contribution in [0.5, 0.6) is 0 Å². The number of carboxylic acids is 1. The summed E-state index contributed by atoms with van der Waals surface area (Å²) < 4.78 is 0. The summed E-state index contributed by atoms with van der Waals surface area (Å²) >= 11 is 5.86. The number of nitrogens with zero attached hydrogens (tertiary/aromatic N) is 2. The standard InChI is InChI=1S/C14H19ClN2O2/c1-9(2)7-8-17(10-3-4-10)12-6-5-11(15)13(16-12)14(18)19/h5-6,9-10H,3-4,7-8H2,1-2H3,(H,18,19). The number of hydrogen-bond acceptors (Lipinski definition) is 3. The summed E-state index contributed by atoms with van der Waals surface area (Å²) in [5, 5.41) is 9.27. The molecule has 1 aromatic heterocycles. The number of rotatable bonds is 6. The third-order valence-corrected chi connectivity index (χ3v) is 3.57. The Morgan fingerprint density at radius 1 is 1.53 bits per heavy atom. The van der Waals surface area contributed by atoms with Crippen molar-refractivity contribution < 1.29 is 9.90 Å². The minimum absolute atomic E-state index is 0.0608. The van der Waals surface area contributed by atoms with E-state index in [1.165, 1.54) is 0 Å². The number of pyridine rings is 1. The lowest BCUT2D eigenvalue weighted by molar-refractivity contribution is 0.0691. The molecule has 0 spiro atoms. The van der Waals surface area contributed by atoms with Gasteiger partial charge >= 0.3 is 5.97 Å². The van der Waals surface area contributed by atoms with Gasteiger partial charge in [-0.3, -0.25) is 0 Å². The van der Waals surface area contributed by atoms with Crippen LogP contribution >= 0.6 is 11.6 Å². The summed E-state index contributed by atoms with van der Waals surface area (Å²) in [5.41, 5.74) is -0.0608. The maximum Gasteiger partial charge on any atom is 0.356 e. The van der Waals surface area contributed by atoms with Gasteiger partial charge in [-0.2, -0.15) is 0 Å². The van der Waals surface area contributed by atoms with Crippen LogP contribution in [-0.4, -0.2) is 28.6 Å². The molecular formula is C14H19ClN2O2. The molecule has 0 atom stereocenters. The Labute approximate surface area is 118 Å². The van der Waals surface area contributed by atoms with Crippen molar-refractivity contribution in [1.29, 1.82) is 0 Å². The predicted octanol–water partition coefficient (Wildman–Crippen LogP) is 3.45. The Hall–Kier alpha value is -1.29. The number of aromatic carboxylic acids is 1. The average Bonchev–Trinajstić information content (AvgIpc) is 3.15. The highest BCUT2D eigenvalue weighted by atomic mass is 35.5. The quantitative estimate of drug-likeness (QED) is 0.868. The molecule has 4 nitrogen and oxygen atoms in total. The molecule has 1 aliphatic rings. The Bertz CT molecular complexity index is 473. The Morgan fingerprint density at radius 3 is 2.74 bits per heavy atom. The summed E-state index contributed by atoms with van der Waals surface area (Å²) in [7, 11) is 0. The lowest BCUT2D eigenvalue weighted by Crippen LogP contribution is -2.29. The van der Waals surface area contributed by atoms with E-state index in [9.17, 15) is 4.79 Å². The Kier molecular flexibility index (Phi) is 4.30. The monoisotopic (exact) mass is 282 g/mol. The second-order valence-electron chi connectivity index (χ2n) is 5.41. The molecule has 5 heteroatoms. The summed E-state index contributed by atoms with van der Waals surface area (Å²) in [6.07, 6.45) is 3.39. The second-order valence-corrected chi connectivity index (χ2v) is 5.82. The van der Waals surface area contributed by atoms with Gasteiger partial charge in [0.2, 0.25) is 0 Å². The first-order chi connectivity index (χ1) is 8.99. The topological polar surface area (TPSA) is 53.4 Å². The SMILES string of the molecule is CC(C)CCN(c1ccc(Cl)c(C(=O)O)n1)C1CC1. The highest BCUT2D eigenvalue weighted by Gasteiger charge is 2.30. The van der Waals surface area contributed by atoms with E-state index in [0.717, 1.165) is 31.6 Å². The normalized spacial score (nSPS) is 14.7. The van der Waals surface area contributed by atoms with Crippen LogP contribution in [0, 0.1) is 5.92 Å². The van der Waals surface area contributed by atoms with E-state index in [2.05, 4.69) is 23.7 Å². The van der Waals surface area contributed by atoms with E-state index in [4.69, 9.17) is 16.7 Å². The van der Waals surface area contributed by atoms with Crippen LogP contribution in [0.2, 0.25) is 5.02 Å². The van der Waals surface area contributed by atoms with Gasteiger partial charge in [-0.15, -0.1) is 0 Å². The van der Waals surface area contributed by atoms with Gasteiger partial charge in [-0.1, -0.05) is 25.4 Å². The largest absolute Gasteiger partial charge is 0.476 e. The first kappa shape index (κ1) is 14.1. The van der Waals surface area contributed by atoms with Crippen LogP contribution < -0.4 is 4.90 Å². The highest BCUT2D eigenvalue weighted by Crippen LogP contribution is 2.32. The van der Waals surface area contributed by atoms with Crippen molar-refractivity contribution in [2.24, 2.45) is 5.92 Å². The van der Waals surface area contributed by atoms with Crippen LogP contribution in [0.4, 0.5) is 5.82 Å². The van der Waals surface area contributed by atoms with Gasteiger partial charge in [-0.05, 0) is 37.3 Å². The maximum atomic E-state index is 11.1. The fraction of sp³-hybridized carbons (Fsp3) is 0.571. The van der Waals surface area contributed by atoms with Gasteiger partial charge in [0.15, 0.2) is 5.69 Å². The number of aromatic nitrogens is 1. The van der Waals surface area contributed by atoms with Crippen molar-refractivity contribution in [2.45, 2.75) is 39.2 Å². The van der Waals surface area contributed by atoms with E-state index in [0.29, 0.717) is 12.0 Å². The molecule has 19 heavy (non-hydrogen) atoms. The molecule has 0 aromatic carbocycles. The van der Waals surface area contributed by atoms with Gasteiger partial charge < -0.3 is 10.0 Å². The van der Waals surface area contributed by atoms with E-state index < -0.39 is 5.97 Å². The molecule has 0 unspecified atom stereocenters. The zero-order valence-corrected chi connectivity index (χ0v) is 12.0. The van der Waals surface area contributed by atoms with E-state index in [1.807, 2.05) is 6.07 Å². The molecule has 1 fully saturated rings. The van der Waals surface area contributed by atoms with Crippen molar-refractivity contribution in [3.63, 3.8) is 0 Å². The Balaban J connectivity index is 2.21. The summed E-state index contributed by atoms with van der Waals surface area (Å²) in [4.78, 5) is 17.5. The van der Waals surface area contributed by atoms with Crippen molar-refractivity contribution in [3.8, 4) is 0 Å². The van der Waals surface area contributed by atoms with Gasteiger partial charge in [0.05, 0.1) is 5.02 Å². The van der Waals surface area contributed by atoms with E-state index in [1.54, 1.807) is 6.07 Å². The van der Waals surface area contributed by atoms with Crippen LogP contribution in [0.1, 0.15) is 43.6 Å². The average molecular weight is 283 g/mol. The third kappa shape index (κ3) is 3.60. The zero-order valence-electron chi connectivity index (χ0n) is 11.3. The molecule has 0 aliphatic heterocycles. The summed E-state index contributed by atoms with van der Waals surface area (Å²) in [5.74, 6) is 0.268. The molecule has 0 amide bonds. The molecule has 0 bridgehead atoms. The number of anilines is 1. The lowest BCUT2D eigenvalue weighted by Gasteiger charge is -2.24. The van der Waals surface area contributed by atoms with Crippen LogP contribution in [0.15, 0.2) is 12.1 Å². The molecule has 1 heterocycles. The number of hydrogen-bond donors (Lipinski definition) is 1. The van der Waals surface area contributed by atoms with Crippen molar-refractivity contribution in [2.75, 3.05) is 11.4 Å². The van der Waals surface area contributed by atoms with Crippen molar-refractivity contribution in [3.05, 3.63) is 22.8 Å². The lowest BCUT2D eigenvalue weighted by atomic mass is 10.1. The fourth-order valence-electron chi connectivity index (χ4n) is 2.01.